The normalized spacial score (nSPS) is 27.8. The van der Waals surface area contributed by atoms with E-state index in [1.54, 1.807) is 11.1 Å². The van der Waals surface area contributed by atoms with Crippen molar-refractivity contribution >= 4 is 27.8 Å². The molecule has 1 heteroatoms. The quantitative estimate of drug-likeness (QED) is 0.170. The summed E-state index contributed by atoms with van der Waals surface area (Å²) in [7, 11) is 0. The maximum atomic E-state index is 2.69. The zero-order valence-corrected chi connectivity index (χ0v) is 33.0. The van der Waals surface area contributed by atoms with Crippen LogP contribution in [0.3, 0.4) is 0 Å². The highest BCUT2D eigenvalue weighted by atomic mass is 15.1. The molecule has 4 bridgehead atoms. The largest absolute Gasteiger partial charge is 0.310 e. The molecule has 0 N–H and O–H groups in total. The highest BCUT2D eigenvalue weighted by molar-refractivity contribution is 5.90. The highest BCUT2D eigenvalue weighted by Crippen LogP contribution is 2.70. The van der Waals surface area contributed by atoms with Gasteiger partial charge in [0.2, 0.25) is 0 Å². The summed E-state index contributed by atoms with van der Waals surface area (Å²) in [5, 5.41) is 2.55. The summed E-state index contributed by atoms with van der Waals surface area (Å²) in [5.74, 6) is 6.01. The zero-order chi connectivity index (χ0) is 37.7. The molecule has 0 saturated heterocycles. The Morgan fingerprint density at radius 3 is 1.89 bits per heavy atom. The molecular weight excluding hydrogens is 687 g/mol. The lowest BCUT2D eigenvalue weighted by Crippen LogP contribution is -2.58. The Kier molecular flexibility index (Phi) is 7.73. The van der Waals surface area contributed by atoms with E-state index in [1.807, 2.05) is 0 Å². The smallest absolute Gasteiger partial charge is 0.0468 e. The van der Waals surface area contributed by atoms with Crippen molar-refractivity contribution in [3.05, 3.63) is 175 Å². The van der Waals surface area contributed by atoms with Crippen LogP contribution in [0.2, 0.25) is 0 Å². The lowest BCUT2D eigenvalue weighted by Gasteiger charge is -2.63. The van der Waals surface area contributed by atoms with Crippen LogP contribution in [0.25, 0.3) is 44.2 Å². The van der Waals surface area contributed by atoms with Crippen LogP contribution in [0.15, 0.2) is 164 Å². The van der Waals surface area contributed by atoms with Crippen LogP contribution in [0, 0.1) is 41.4 Å². The van der Waals surface area contributed by atoms with Crippen molar-refractivity contribution in [2.75, 3.05) is 4.90 Å². The molecule has 280 valence electrons. The van der Waals surface area contributed by atoms with Crippen LogP contribution in [0.4, 0.5) is 17.1 Å². The molecule has 1 spiro atoms. The average molecular weight is 738 g/mol. The Morgan fingerprint density at radius 2 is 1.09 bits per heavy atom. The first-order valence-corrected chi connectivity index (χ1v) is 21.9. The van der Waals surface area contributed by atoms with E-state index in [1.165, 1.54) is 106 Å². The molecule has 4 saturated carbocycles. The van der Waals surface area contributed by atoms with E-state index in [4.69, 9.17) is 0 Å². The predicted molar refractivity (Wildman–Crippen MR) is 238 cm³/mol. The second kappa shape index (κ2) is 13.1. The molecule has 12 rings (SSSR count). The first-order chi connectivity index (χ1) is 28.1. The van der Waals surface area contributed by atoms with Gasteiger partial charge in [-0.3, -0.25) is 0 Å². The van der Waals surface area contributed by atoms with Gasteiger partial charge in [0.1, 0.15) is 0 Å². The van der Waals surface area contributed by atoms with Crippen molar-refractivity contribution in [3.8, 4) is 33.4 Å². The minimum atomic E-state index is 0.102. The fraction of sp³-hybridized carbons (Fsp3) is 0.286. The minimum absolute atomic E-state index is 0.102. The molecule has 0 radical (unpaired) electrons. The minimum Gasteiger partial charge on any atom is -0.310 e. The van der Waals surface area contributed by atoms with Gasteiger partial charge in [0.05, 0.1) is 0 Å². The molecule has 7 aromatic carbocycles. The summed E-state index contributed by atoms with van der Waals surface area (Å²) in [5.41, 5.74) is 14.8. The van der Waals surface area contributed by atoms with Gasteiger partial charge < -0.3 is 4.90 Å². The Bertz CT molecular complexity index is 2620. The summed E-state index contributed by atoms with van der Waals surface area (Å²) in [6.45, 7) is 2.69. The third-order valence-electron chi connectivity index (χ3n) is 16.1. The zero-order valence-electron chi connectivity index (χ0n) is 33.0. The molecule has 0 aliphatic heterocycles. The van der Waals surface area contributed by atoms with Crippen LogP contribution in [0.1, 0.15) is 63.0 Å². The second-order valence-corrected chi connectivity index (χ2v) is 18.5. The number of rotatable bonds is 5. The van der Waals surface area contributed by atoms with E-state index < -0.39 is 0 Å². The van der Waals surface area contributed by atoms with Gasteiger partial charge in [0.25, 0.3) is 0 Å². The molecule has 57 heavy (non-hydrogen) atoms. The van der Waals surface area contributed by atoms with Crippen LogP contribution < -0.4 is 4.90 Å². The Balaban J connectivity index is 0.987. The van der Waals surface area contributed by atoms with Crippen LogP contribution in [0.5, 0.6) is 0 Å². The van der Waals surface area contributed by atoms with Crippen LogP contribution in [-0.2, 0) is 5.41 Å². The summed E-state index contributed by atoms with van der Waals surface area (Å²) in [6.07, 6.45) is 10.2. The predicted octanol–water partition coefficient (Wildman–Crippen LogP) is 15.0. The van der Waals surface area contributed by atoms with Crippen LogP contribution >= 0.6 is 0 Å². The topological polar surface area (TPSA) is 3.24 Å². The van der Waals surface area contributed by atoms with Gasteiger partial charge in [0, 0.05) is 22.5 Å². The van der Waals surface area contributed by atoms with Gasteiger partial charge in [-0.05, 0) is 165 Å². The summed E-state index contributed by atoms with van der Waals surface area (Å²) in [6, 6.07) is 61.9. The average Bonchev–Trinajstić information content (AvgIpc) is 3.41. The van der Waals surface area contributed by atoms with Gasteiger partial charge in [0.15, 0.2) is 0 Å². The van der Waals surface area contributed by atoms with Crippen molar-refractivity contribution < 1.29 is 0 Å². The maximum absolute atomic E-state index is 2.69. The van der Waals surface area contributed by atoms with Gasteiger partial charge in [-0.1, -0.05) is 148 Å². The molecule has 5 aliphatic carbocycles. The number of benzene rings is 7. The molecule has 5 aliphatic rings. The summed E-state index contributed by atoms with van der Waals surface area (Å²) >= 11 is 0. The fourth-order valence-electron chi connectivity index (χ4n) is 13.7. The maximum Gasteiger partial charge on any atom is 0.0468 e. The van der Waals surface area contributed by atoms with E-state index in [9.17, 15) is 0 Å². The lowest BCUT2D eigenvalue weighted by molar-refractivity contribution is -0.0898. The van der Waals surface area contributed by atoms with Crippen LogP contribution in [-0.4, -0.2) is 0 Å². The second-order valence-electron chi connectivity index (χ2n) is 18.5. The Hall–Kier alpha value is -5.40. The van der Waals surface area contributed by atoms with E-state index in [0.717, 1.165) is 35.5 Å². The highest BCUT2D eigenvalue weighted by Gasteiger charge is 2.63. The van der Waals surface area contributed by atoms with E-state index in [-0.39, 0.29) is 5.41 Å². The van der Waals surface area contributed by atoms with Crippen molar-refractivity contribution in [2.24, 2.45) is 41.4 Å². The van der Waals surface area contributed by atoms with E-state index >= 15 is 0 Å². The number of fused-ring (bicyclic) bond motifs is 9. The molecule has 8 atom stereocenters. The molecule has 0 heterocycles. The molecule has 7 aromatic rings. The fourth-order valence-corrected chi connectivity index (χ4v) is 13.7. The number of hydrogen-bond donors (Lipinski definition) is 0. The monoisotopic (exact) mass is 737 g/mol. The third-order valence-corrected chi connectivity index (χ3v) is 16.1. The van der Waals surface area contributed by atoms with E-state index in [0.29, 0.717) is 5.92 Å². The van der Waals surface area contributed by atoms with Gasteiger partial charge in [-0.15, -0.1) is 0 Å². The van der Waals surface area contributed by atoms with Crippen molar-refractivity contribution in [1.29, 1.82) is 0 Å². The number of hydrogen-bond acceptors (Lipinski definition) is 1. The number of nitrogens with zero attached hydrogens (tertiary/aromatic N) is 1. The van der Waals surface area contributed by atoms with E-state index in [2.05, 4.69) is 176 Å². The molecule has 0 amide bonds. The Labute approximate surface area is 338 Å². The lowest BCUT2D eigenvalue weighted by atomic mass is 9.41. The van der Waals surface area contributed by atoms with Crippen molar-refractivity contribution in [2.45, 2.75) is 57.3 Å². The first-order valence-electron chi connectivity index (χ1n) is 21.9. The third kappa shape index (κ3) is 5.13. The first kappa shape index (κ1) is 33.7. The molecule has 8 unspecified atom stereocenters. The van der Waals surface area contributed by atoms with Gasteiger partial charge in [-0.2, -0.15) is 0 Å². The standard InChI is InChI=1S/C56H51N/c1-36-50-30-37-10-9-15-44-33-45(34-52(50)51(44)31-37)56(36)54-17-8-7-16-49(54)53-35-48(28-29-55(53)56)57(46-24-20-40(21-25-46)38-11-3-2-4-12-38)47-26-22-41(23-27-47)43-19-18-39-13-5-6-14-42(39)32-43/h2-8,11-14,16-29,32,35-37,44-45,50-52H,9-10,15,30-31,33-34H2,1H3. The SMILES string of the molecule is CC1C2CC3CCCC4CC(CC2C4C3)C12c1ccccc1-c1cc(N(c3ccc(-c4ccccc4)cc3)c3ccc(-c4ccc5ccccc5c4)cc3)ccc12. The van der Waals surface area contributed by atoms with Gasteiger partial charge in [-0.25, -0.2) is 0 Å². The van der Waals surface area contributed by atoms with Gasteiger partial charge >= 0.3 is 0 Å². The molecule has 4 fully saturated rings. The summed E-state index contributed by atoms with van der Waals surface area (Å²) < 4.78 is 0. The molecule has 0 aromatic heterocycles. The Morgan fingerprint density at radius 1 is 0.456 bits per heavy atom. The van der Waals surface area contributed by atoms with Crippen molar-refractivity contribution in [3.63, 3.8) is 0 Å². The molecule has 1 nitrogen and oxygen atoms in total. The molecular formula is C56H51N. The number of anilines is 3. The summed E-state index contributed by atoms with van der Waals surface area (Å²) in [4.78, 5) is 2.49. The van der Waals surface area contributed by atoms with Crippen molar-refractivity contribution in [1.82, 2.24) is 0 Å².